The van der Waals surface area contributed by atoms with Gasteiger partial charge in [-0.1, -0.05) is 17.3 Å². The summed E-state index contributed by atoms with van der Waals surface area (Å²) in [5, 5.41) is 0.676. The van der Waals surface area contributed by atoms with Crippen LogP contribution in [-0.4, -0.2) is 23.9 Å². The quantitative estimate of drug-likeness (QED) is 0.688. The molecule has 2 atom stereocenters. The Morgan fingerprint density at radius 2 is 2.33 bits per heavy atom. The molecule has 0 aromatic rings. The van der Waals surface area contributed by atoms with Gasteiger partial charge >= 0.3 is 0 Å². The fourth-order valence-corrected chi connectivity index (χ4v) is 3.52. The molecule has 2 aliphatic heterocycles. The molecule has 1 saturated heterocycles. The van der Waals surface area contributed by atoms with Crippen molar-refractivity contribution in [3.05, 3.63) is 10.5 Å². The molecule has 2 rings (SSSR count). The summed E-state index contributed by atoms with van der Waals surface area (Å²) in [4.78, 5) is 5.96. The lowest BCUT2D eigenvalue weighted by Crippen LogP contribution is -2.46. The molecule has 0 bridgehead atoms. The van der Waals surface area contributed by atoms with Gasteiger partial charge in [0.15, 0.2) is 5.17 Å². The molecule has 3 nitrogen and oxygen atoms in total. The summed E-state index contributed by atoms with van der Waals surface area (Å²) in [5.41, 5.74) is 7.10. The normalized spacial score (nSPS) is 35.8. The lowest BCUT2D eigenvalue weighted by Gasteiger charge is -2.42. The fourth-order valence-electron chi connectivity index (χ4n) is 2.32. The third-order valence-corrected chi connectivity index (χ3v) is 4.30. The number of allylic oxidation sites excluding steroid dienone is 1. The van der Waals surface area contributed by atoms with Crippen molar-refractivity contribution in [1.29, 1.82) is 0 Å². The second-order valence-electron chi connectivity index (χ2n) is 4.67. The molecule has 0 aliphatic carbocycles. The van der Waals surface area contributed by atoms with E-state index in [4.69, 9.17) is 10.5 Å². The summed E-state index contributed by atoms with van der Waals surface area (Å²) in [6, 6.07) is 0. The van der Waals surface area contributed by atoms with E-state index in [2.05, 4.69) is 25.8 Å². The molecule has 0 aromatic heterocycles. The molecule has 2 unspecified atom stereocenters. The molecule has 1 fully saturated rings. The Labute approximate surface area is 95.2 Å². The van der Waals surface area contributed by atoms with E-state index in [0.29, 0.717) is 17.7 Å². The van der Waals surface area contributed by atoms with Gasteiger partial charge in [0.2, 0.25) is 0 Å². The SMILES string of the molecule is CC(C)=C1SC(N)=NC2(C)COCCC12. The van der Waals surface area contributed by atoms with E-state index < -0.39 is 0 Å². The van der Waals surface area contributed by atoms with Crippen LogP contribution in [0, 0.1) is 5.92 Å². The highest BCUT2D eigenvalue weighted by molar-refractivity contribution is 8.17. The summed E-state index contributed by atoms with van der Waals surface area (Å²) in [6.45, 7) is 7.97. The first kappa shape index (κ1) is 11.0. The maximum atomic E-state index is 5.88. The van der Waals surface area contributed by atoms with Gasteiger partial charge in [0.05, 0.1) is 12.1 Å². The first-order valence-corrected chi connectivity index (χ1v) is 6.13. The van der Waals surface area contributed by atoms with Gasteiger partial charge in [0, 0.05) is 12.5 Å². The Bertz CT molecular complexity index is 333. The van der Waals surface area contributed by atoms with Crippen LogP contribution in [-0.2, 0) is 4.74 Å². The van der Waals surface area contributed by atoms with Crippen molar-refractivity contribution in [3.63, 3.8) is 0 Å². The number of fused-ring (bicyclic) bond motifs is 1. The first-order valence-electron chi connectivity index (χ1n) is 5.31. The smallest absolute Gasteiger partial charge is 0.159 e. The second kappa shape index (κ2) is 3.83. The highest BCUT2D eigenvalue weighted by atomic mass is 32.2. The zero-order valence-electron chi connectivity index (χ0n) is 9.54. The Hall–Kier alpha value is -0.480. The number of nitrogens with two attached hydrogens (primary N) is 1. The van der Waals surface area contributed by atoms with E-state index in [1.807, 2.05) is 0 Å². The molecule has 2 heterocycles. The molecule has 2 aliphatic rings. The highest BCUT2D eigenvalue weighted by Gasteiger charge is 2.43. The van der Waals surface area contributed by atoms with Crippen molar-refractivity contribution < 1.29 is 4.74 Å². The minimum atomic E-state index is -0.139. The lowest BCUT2D eigenvalue weighted by atomic mass is 9.81. The Morgan fingerprint density at radius 3 is 3.00 bits per heavy atom. The van der Waals surface area contributed by atoms with Gasteiger partial charge in [-0.3, -0.25) is 4.99 Å². The summed E-state index contributed by atoms with van der Waals surface area (Å²) in [5.74, 6) is 0.494. The number of nitrogens with zero attached hydrogens (tertiary/aromatic N) is 1. The Kier molecular flexibility index (Phi) is 2.81. The van der Waals surface area contributed by atoms with Crippen LogP contribution in [0.4, 0.5) is 0 Å². The van der Waals surface area contributed by atoms with Gasteiger partial charge < -0.3 is 10.5 Å². The lowest BCUT2D eigenvalue weighted by molar-refractivity contribution is 0.0210. The molecule has 0 aromatic carbocycles. The van der Waals surface area contributed by atoms with Crippen molar-refractivity contribution in [2.45, 2.75) is 32.7 Å². The topological polar surface area (TPSA) is 47.6 Å². The van der Waals surface area contributed by atoms with E-state index >= 15 is 0 Å². The third kappa shape index (κ3) is 1.93. The van der Waals surface area contributed by atoms with E-state index in [9.17, 15) is 0 Å². The number of amidine groups is 1. The number of ether oxygens (including phenoxy) is 1. The summed E-state index contributed by atoms with van der Waals surface area (Å²) < 4.78 is 5.52. The van der Waals surface area contributed by atoms with Gasteiger partial charge in [-0.15, -0.1) is 0 Å². The van der Waals surface area contributed by atoms with Crippen LogP contribution in [0.5, 0.6) is 0 Å². The van der Waals surface area contributed by atoms with Crippen LogP contribution in [0.2, 0.25) is 0 Å². The van der Waals surface area contributed by atoms with Crippen molar-refractivity contribution in [2.24, 2.45) is 16.6 Å². The van der Waals surface area contributed by atoms with Crippen LogP contribution in [0.1, 0.15) is 27.2 Å². The molecule has 2 N–H and O–H groups in total. The van der Waals surface area contributed by atoms with Crippen molar-refractivity contribution in [2.75, 3.05) is 13.2 Å². The highest BCUT2D eigenvalue weighted by Crippen LogP contribution is 2.45. The number of hydrogen-bond acceptors (Lipinski definition) is 4. The molecule has 84 valence electrons. The van der Waals surface area contributed by atoms with Gasteiger partial charge in [-0.05, 0) is 32.1 Å². The zero-order valence-corrected chi connectivity index (χ0v) is 10.4. The van der Waals surface area contributed by atoms with Gasteiger partial charge in [0.25, 0.3) is 0 Å². The van der Waals surface area contributed by atoms with E-state index in [0.717, 1.165) is 13.0 Å². The molecule has 0 amide bonds. The number of hydrogen-bond donors (Lipinski definition) is 1. The minimum Gasteiger partial charge on any atom is -0.379 e. The number of aliphatic imine (C=N–C) groups is 1. The third-order valence-electron chi connectivity index (χ3n) is 3.09. The maximum absolute atomic E-state index is 5.88. The predicted octanol–water partition coefficient (Wildman–Crippen LogP) is 2.14. The summed E-state index contributed by atoms with van der Waals surface area (Å²) in [6.07, 6.45) is 1.06. The maximum Gasteiger partial charge on any atom is 0.159 e. The number of rotatable bonds is 0. The van der Waals surface area contributed by atoms with Crippen LogP contribution in [0.3, 0.4) is 0 Å². The predicted molar refractivity (Wildman–Crippen MR) is 64.9 cm³/mol. The molecule has 0 radical (unpaired) electrons. The van der Waals surface area contributed by atoms with Crippen LogP contribution < -0.4 is 5.73 Å². The van der Waals surface area contributed by atoms with Crippen LogP contribution in [0.15, 0.2) is 15.5 Å². The van der Waals surface area contributed by atoms with Gasteiger partial charge in [-0.2, -0.15) is 0 Å². The Balaban J connectivity index is 2.42. The van der Waals surface area contributed by atoms with E-state index in [1.54, 1.807) is 11.8 Å². The zero-order chi connectivity index (χ0) is 11.1. The fraction of sp³-hybridized carbons (Fsp3) is 0.727. The summed E-state index contributed by atoms with van der Waals surface area (Å²) >= 11 is 1.63. The monoisotopic (exact) mass is 226 g/mol. The van der Waals surface area contributed by atoms with Crippen molar-refractivity contribution in [1.82, 2.24) is 0 Å². The number of thioether (sulfide) groups is 1. The minimum absolute atomic E-state index is 0.139. The first-order chi connectivity index (χ1) is 7.03. The van der Waals surface area contributed by atoms with Crippen molar-refractivity contribution in [3.8, 4) is 0 Å². The molecule has 4 heteroatoms. The average molecular weight is 226 g/mol. The van der Waals surface area contributed by atoms with Crippen LogP contribution in [0.25, 0.3) is 0 Å². The van der Waals surface area contributed by atoms with E-state index in [-0.39, 0.29) is 5.54 Å². The second-order valence-corrected chi connectivity index (χ2v) is 5.73. The summed E-state index contributed by atoms with van der Waals surface area (Å²) in [7, 11) is 0. The Morgan fingerprint density at radius 1 is 1.60 bits per heavy atom. The molecule has 15 heavy (non-hydrogen) atoms. The molecule has 0 saturated carbocycles. The molecule has 0 spiro atoms. The van der Waals surface area contributed by atoms with Crippen LogP contribution >= 0.6 is 11.8 Å². The standard InChI is InChI=1S/C11H18N2OS/c1-7(2)9-8-4-5-14-6-11(8,3)13-10(12)15-9/h8H,4-6H2,1-3H3,(H2,12,13). The largest absolute Gasteiger partial charge is 0.379 e. The molecular weight excluding hydrogens is 208 g/mol. The van der Waals surface area contributed by atoms with Gasteiger partial charge in [-0.25, -0.2) is 0 Å². The molecular formula is C11H18N2OS. The van der Waals surface area contributed by atoms with Gasteiger partial charge in [0.1, 0.15) is 0 Å². The van der Waals surface area contributed by atoms with E-state index in [1.165, 1.54) is 10.5 Å². The average Bonchev–Trinajstić information content (AvgIpc) is 2.14. The van der Waals surface area contributed by atoms with Crippen molar-refractivity contribution >= 4 is 16.9 Å².